The summed E-state index contributed by atoms with van der Waals surface area (Å²) >= 11 is 1.13. The van der Waals surface area contributed by atoms with Crippen molar-refractivity contribution < 1.29 is 14.1 Å². The number of carbonyl (C=O) groups is 1. The van der Waals surface area contributed by atoms with E-state index in [0.717, 1.165) is 30.2 Å². The highest BCUT2D eigenvalue weighted by Crippen LogP contribution is 2.35. The Hall–Kier alpha value is -2.98. The SMILES string of the molecule is CC(C)(C)c1cnc(Sc2ccc([N+](=O)[O-])cc2C(=O)Nc2ncc(C3CCCC3)cn2)o1.Cl. The standard InChI is InChI=1S/C23H25N5O4S.ClH/c1-23(2,3)19-13-26-22(32-19)33-18-9-8-16(28(30)31)10-17(18)20(29)27-21-24-11-15(12-25-21)14-6-4-5-7-14;/h8-14H,4-7H2,1-3H3,(H,24,25,27,29);1H. The number of benzene rings is 1. The maximum atomic E-state index is 13.0. The van der Waals surface area contributed by atoms with Gasteiger partial charge in [-0.15, -0.1) is 12.4 Å². The van der Waals surface area contributed by atoms with E-state index in [-0.39, 0.29) is 35.0 Å². The zero-order valence-corrected chi connectivity index (χ0v) is 20.7. The van der Waals surface area contributed by atoms with Gasteiger partial charge in [0, 0.05) is 34.8 Å². The zero-order valence-electron chi connectivity index (χ0n) is 19.1. The molecule has 1 aromatic carbocycles. The van der Waals surface area contributed by atoms with Gasteiger partial charge in [0.15, 0.2) is 0 Å². The smallest absolute Gasteiger partial charge is 0.270 e. The van der Waals surface area contributed by atoms with Crippen LogP contribution in [0.1, 0.15) is 74.1 Å². The van der Waals surface area contributed by atoms with Gasteiger partial charge in [-0.25, -0.2) is 15.0 Å². The molecule has 1 amide bonds. The van der Waals surface area contributed by atoms with E-state index in [2.05, 4.69) is 20.3 Å². The number of amides is 1. The van der Waals surface area contributed by atoms with Crippen LogP contribution in [0, 0.1) is 10.1 Å². The van der Waals surface area contributed by atoms with Gasteiger partial charge in [0.05, 0.1) is 16.7 Å². The van der Waals surface area contributed by atoms with Crippen molar-refractivity contribution in [3.63, 3.8) is 0 Å². The van der Waals surface area contributed by atoms with Crippen molar-refractivity contribution in [3.8, 4) is 0 Å². The molecule has 1 aliphatic rings. The van der Waals surface area contributed by atoms with Crippen LogP contribution < -0.4 is 5.32 Å². The quantitative estimate of drug-likeness (QED) is 0.313. The molecule has 0 atom stereocenters. The summed E-state index contributed by atoms with van der Waals surface area (Å²) in [5, 5.41) is 14.3. The van der Waals surface area contributed by atoms with Crippen molar-refractivity contribution in [2.75, 3.05) is 5.32 Å². The van der Waals surface area contributed by atoms with Gasteiger partial charge >= 0.3 is 0 Å². The fraction of sp³-hybridized carbons (Fsp3) is 0.391. The average molecular weight is 504 g/mol. The molecule has 0 aliphatic heterocycles. The Bertz CT molecular complexity index is 1170. The van der Waals surface area contributed by atoms with E-state index >= 15 is 0 Å². The number of non-ortho nitro benzene ring substituents is 1. The summed E-state index contributed by atoms with van der Waals surface area (Å²) in [6.07, 6.45) is 9.79. The summed E-state index contributed by atoms with van der Waals surface area (Å²) in [6, 6.07) is 4.10. The van der Waals surface area contributed by atoms with Crippen molar-refractivity contribution in [1.82, 2.24) is 15.0 Å². The lowest BCUT2D eigenvalue weighted by Crippen LogP contribution is -2.15. The predicted octanol–water partition coefficient (Wildman–Crippen LogP) is 6.15. The largest absolute Gasteiger partial charge is 0.436 e. The number of hydrogen-bond acceptors (Lipinski definition) is 8. The Kier molecular flexibility index (Phi) is 7.93. The average Bonchev–Trinajstić information content (AvgIpc) is 3.46. The molecule has 34 heavy (non-hydrogen) atoms. The van der Waals surface area contributed by atoms with Crippen LogP contribution in [0.25, 0.3) is 0 Å². The Labute approximate surface area is 207 Å². The second-order valence-corrected chi connectivity index (χ2v) is 10.0. The highest BCUT2D eigenvalue weighted by molar-refractivity contribution is 7.99. The number of rotatable bonds is 6. The molecule has 1 fully saturated rings. The van der Waals surface area contributed by atoms with Gasteiger partial charge in [-0.2, -0.15) is 0 Å². The molecule has 2 aromatic heterocycles. The van der Waals surface area contributed by atoms with E-state index in [0.29, 0.717) is 21.8 Å². The minimum atomic E-state index is -0.544. The van der Waals surface area contributed by atoms with Crippen LogP contribution in [0.3, 0.4) is 0 Å². The first-order valence-electron chi connectivity index (χ1n) is 10.8. The van der Waals surface area contributed by atoms with E-state index in [4.69, 9.17) is 4.42 Å². The molecular weight excluding hydrogens is 478 g/mol. The maximum Gasteiger partial charge on any atom is 0.270 e. The van der Waals surface area contributed by atoms with E-state index in [1.54, 1.807) is 18.6 Å². The third-order valence-corrected chi connectivity index (χ3v) is 6.50. The van der Waals surface area contributed by atoms with Crippen LogP contribution >= 0.6 is 24.2 Å². The zero-order chi connectivity index (χ0) is 23.6. The number of carbonyl (C=O) groups excluding carboxylic acids is 1. The van der Waals surface area contributed by atoms with E-state index in [1.165, 1.54) is 31.0 Å². The Balaban J connectivity index is 0.00000324. The normalized spacial score (nSPS) is 14.0. The Morgan fingerprint density at radius 1 is 1.15 bits per heavy atom. The van der Waals surface area contributed by atoms with Crippen LogP contribution in [0.15, 0.2) is 51.3 Å². The third kappa shape index (κ3) is 5.92. The lowest BCUT2D eigenvalue weighted by atomic mass is 9.94. The number of nitrogens with zero attached hydrogens (tertiary/aromatic N) is 4. The molecule has 0 unspecified atom stereocenters. The van der Waals surface area contributed by atoms with E-state index in [1.807, 2.05) is 20.8 Å². The first kappa shape index (κ1) is 25.6. The summed E-state index contributed by atoms with van der Waals surface area (Å²) in [7, 11) is 0. The molecule has 3 aromatic rings. The van der Waals surface area contributed by atoms with Crippen LogP contribution in [-0.4, -0.2) is 25.8 Å². The molecule has 11 heteroatoms. The molecular formula is C23H26ClN5O4S. The fourth-order valence-electron chi connectivity index (χ4n) is 3.69. The van der Waals surface area contributed by atoms with Crippen molar-refractivity contribution in [3.05, 3.63) is 63.8 Å². The second-order valence-electron chi connectivity index (χ2n) is 9.06. The van der Waals surface area contributed by atoms with Gasteiger partial charge in [-0.3, -0.25) is 20.2 Å². The highest BCUT2D eigenvalue weighted by Gasteiger charge is 2.23. The first-order valence-corrected chi connectivity index (χ1v) is 11.6. The molecule has 0 saturated heterocycles. The predicted molar refractivity (Wildman–Crippen MR) is 131 cm³/mol. The number of hydrogen-bond donors (Lipinski definition) is 1. The summed E-state index contributed by atoms with van der Waals surface area (Å²) in [5.41, 5.74) is 0.775. The molecule has 0 spiro atoms. The molecule has 1 saturated carbocycles. The maximum absolute atomic E-state index is 13.0. The van der Waals surface area contributed by atoms with Crippen molar-refractivity contribution in [2.24, 2.45) is 0 Å². The van der Waals surface area contributed by atoms with Crippen LogP contribution in [-0.2, 0) is 5.41 Å². The summed E-state index contributed by atoms with van der Waals surface area (Å²) in [6.45, 7) is 6.01. The van der Waals surface area contributed by atoms with Gasteiger partial charge < -0.3 is 4.42 Å². The third-order valence-electron chi connectivity index (χ3n) is 5.56. The minimum Gasteiger partial charge on any atom is -0.436 e. The number of halogens is 1. The van der Waals surface area contributed by atoms with Gasteiger partial charge in [0.1, 0.15) is 5.76 Å². The Morgan fingerprint density at radius 3 is 2.41 bits per heavy atom. The van der Waals surface area contributed by atoms with Crippen LogP contribution in [0.2, 0.25) is 0 Å². The molecule has 0 bridgehead atoms. The number of oxazole rings is 1. The van der Waals surface area contributed by atoms with Gasteiger partial charge in [-0.05, 0) is 42.2 Å². The number of nitro benzene ring substituents is 1. The van der Waals surface area contributed by atoms with Crippen LogP contribution in [0.5, 0.6) is 0 Å². The lowest BCUT2D eigenvalue weighted by molar-refractivity contribution is -0.384. The van der Waals surface area contributed by atoms with E-state index < -0.39 is 10.8 Å². The molecule has 4 rings (SSSR count). The molecule has 2 heterocycles. The van der Waals surface area contributed by atoms with Crippen molar-refractivity contribution in [2.45, 2.75) is 67.9 Å². The van der Waals surface area contributed by atoms with Crippen molar-refractivity contribution >= 4 is 41.7 Å². The monoisotopic (exact) mass is 503 g/mol. The van der Waals surface area contributed by atoms with Gasteiger partial charge in [0.25, 0.3) is 16.8 Å². The van der Waals surface area contributed by atoms with Gasteiger partial charge in [-0.1, -0.05) is 33.6 Å². The van der Waals surface area contributed by atoms with Crippen molar-refractivity contribution in [1.29, 1.82) is 0 Å². The number of nitrogens with one attached hydrogen (secondary N) is 1. The first-order chi connectivity index (χ1) is 15.7. The molecule has 1 aliphatic carbocycles. The van der Waals surface area contributed by atoms with Gasteiger partial charge in [0.2, 0.25) is 5.95 Å². The lowest BCUT2D eigenvalue weighted by Gasteiger charge is -2.13. The molecule has 0 radical (unpaired) electrons. The summed E-state index contributed by atoms with van der Waals surface area (Å²) in [4.78, 5) is 37.1. The summed E-state index contributed by atoms with van der Waals surface area (Å²) < 4.78 is 5.81. The molecule has 180 valence electrons. The minimum absolute atomic E-state index is 0. The molecule has 1 N–H and O–H groups in total. The van der Waals surface area contributed by atoms with E-state index in [9.17, 15) is 14.9 Å². The molecule has 9 nitrogen and oxygen atoms in total. The fourth-order valence-corrected chi connectivity index (χ4v) is 4.51. The van der Waals surface area contributed by atoms with Crippen LogP contribution in [0.4, 0.5) is 11.6 Å². The topological polar surface area (TPSA) is 124 Å². The Morgan fingerprint density at radius 2 is 1.82 bits per heavy atom. The highest BCUT2D eigenvalue weighted by atomic mass is 35.5. The summed E-state index contributed by atoms with van der Waals surface area (Å²) in [5.74, 6) is 0.773. The number of nitro groups is 1. The number of aromatic nitrogens is 3. The second kappa shape index (κ2) is 10.5. The number of anilines is 1.